The third kappa shape index (κ3) is 3.13. The second kappa shape index (κ2) is 7.54. The number of rotatable bonds is 6. The number of hydrogen-bond donors (Lipinski definition) is 1. The highest BCUT2D eigenvalue weighted by Gasteiger charge is 2.34. The van der Waals surface area contributed by atoms with Crippen molar-refractivity contribution in [3.05, 3.63) is 59.2 Å². The van der Waals surface area contributed by atoms with Crippen LogP contribution in [0.15, 0.2) is 42.5 Å². The van der Waals surface area contributed by atoms with E-state index in [1.807, 2.05) is 42.5 Å². The van der Waals surface area contributed by atoms with Crippen LogP contribution in [0.1, 0.15) is 34.3 Å². The van der Waals surface area contributed by atoms with Crippen molar-refractivity contribution in [2.75, 3.05) is 26.7 Å². The van der Waals surface area contributed by atoms with Crippen LogP contribution in [0, 0.1) is 0 Å². The molecule has 1 aliphatic heterocycles. The number of Topliss-reactive ketones (excluding diaryl/α,β-unsaturated/α-hetero) is 1. The predicted molar refractivity (Wildman–Crippen MR) is 114 cm³/mol. The molecule has 1 saturated heterocycles. The van der Waals surface area contributed by atoms with E-state index in [0.29, 0.717) is 23.4 Å². The lowest BCUT2D eigenvalue weighted by molar-refractivity contribution is -0.119. The molecule has 0 unspecified atom stereocenters. The lowest BCUT2D eigenvalue weighted by atomic mass is 9.97. The highest BCUT2D eigenvalue weighted by Crippen LogP contribution is 2.41. The average Bonchev–Trinajstić information content (AvgIpc) is 3.48. The van der Waals surface area contributed by atoms with Crippen molar-refractivity contribution >= 4 is 11.6 Å². The Morgan fingerprint density at radius 2 is 1.87 bits per heavy atom. The minimum absolute atomic E-state index is 0.0656. The SMILES string of the molecule is COc1ccc(-c2n[nH]c3c2C(=O)c2c(CC(=O)CN4CCCC4)cccc2-3)cc1. The first-order valence-corrected chi connectivity index (χ1v) is 10.3. The van der Waals surface area contributed by atoms with Gasteiger partial charge in [-0.05, 0) is 55.8 Å². The summed E-state index contributed by atoms with van der Waals surface area (Å²) in [6.45, 7) is 2.43. The molecule has 6 heteroatoms. The number of ether oxygens (including phenoxy) is 1. The van der Waals surface area contributed by atoms with E-state index in [0.717, 1.165) is 54.1 Å². The van der Waals surface area contributed by atoms with Gasteiger partial charge in [-0.25, -0.2) is 0 Å². The third-order valence-corrected chi connectivity index (χ3v) is 5.99. The molecule has 0 saturated carbocycles. The van der Waals surface area contributed by atoms with E-state index in [1.165, 1.54) is 0 Å². The second-order valence-electron chi connectivity index (χ2n) is 7.92. The number of H-pyrrole nitrogens is 1. The molecule has 0 amide bonds. The maximum Gasteiger partial charge on any atom is 0.198 e. The zero-order valence-corrected chi connectivity index (χ0v) is 16.9. The van der Waals surface area contributed by atoms with Crippen LogP contribution in [0.3, 0.4) is 0 Å². The van der Waals surface area contributed by atoms with E-state index in [4.69, 9.17) is 4.74 Å². The highest BCUT2D eigenvalue weighted by molar-refractivity contribution is 6.24. The van der Waals surface area contributed by atoms with Crippen LogP contribution in [-0.4, -0.2) is 53.4 Å². The fourth-order valence-corrected chi connectivity index (χ4v) is 4.52. The third-order valence-electron chi connectivity index (χ3n) is 5.99. The molecule has 0 atom stereocenters. The Bertz CT molecular complexity index is 1130. The highest BCUT2D eigenvalue weighted by atomic mass is 16.5. The second-order valence-corrected chi connectivity index (χ2v) is 7.92. The Morgan fingerprint density at radius 1 is 1.10 bits per heavy atom. The summed E-state index contributed by atoms with van der Waals surface area (Å²) in [7, 11) is 1.62. The Kier molecular flexibility index (Phi) is 4.71. The van der Waals surface area contributed by atoms with Gasteiger partial charge >= 0.3 is 0 Å². The molecule has 152 valence electrons. The normalized spacial score (nSPS) is 15.3. The number of carbonyl (C=O) groups is 2. The predicted octanol–water partition coefficient (Wildman–Crippen LogP) is 3.50. The number of methoxy groups -OCH3 is 1. The average molecular weight is 401 g/mol. The summed E-state index contributed by atoms with van der Waals surface area (Å²) in [6, 6.07) is 13.2. The molecule has 2 heterocycles. The maximum atomic E-state index is 13.4. The Balaban J connectivity index is 1.46. The summed E-state index contributed by atoms with van der Waals surface area (Å²) >= 11 is 0. The number of nitrogens with one attached hydrogen (secondary N) is 1. The van der Waals surface area contributed by atoms with Gasteiger partial charge in [0.05, 0.1) is 24.9 Å². The summed E-state index contributed by atoms with van der Waals surface area (Å²) in [5.41, 5.74) is 5.04. The fraction of sp³-hybridized carbons (Fsp3) is 0.292. The smallest absolute Gasteiger partial charge is 0.198 e. The molecule has 1 N–H and O–H groups in total. The zero-order valence-electron chi connectivity index (χ0n) is 16.9. The number of fused-ring (bicyclic) bond motifs is 3. The topological polar surface area (TPSA) is 75.3 Å². The number of hydrogen-bond acceptors (Lipinski definition) is 5. The van der Waals surface area contributed by atoms with Gasteiger partial charge in [0.1, 0.15) is 11.4 Å². The molecule has 5 rings (SSSR count). The van der Waals surface area contributed by atoms with Crippen molar-refractivity contribution in [3.8, 4) is 28.3 Å². The van der Waals surface area contributed by atoms with Crippen LogP contribution in [0.2, 0.25) is 0 Å². The molecule has 0 spiro atoms. The monoisotopic (exact) mass is 401 g/mol. The molecule has 6 nitrogen and oxygen atoms in total. The lowest BCUT2D eigenvalue weighted by Crippen LogP contribution is -2.28. The van der Waals surface area contributed by atoms with Gasteiger partial charge in [-0.1, -0.05) is 18.2 Å². The van der Waals surface area contributed by atoms with E-state index in [2.05, 4.69) is 15.1 Å². The van der Waals surface area contributed by atoms with Gasteiger partial charge in [0.15, 0.2) is 11.6 Å². The van der Waals surface area contributed by atoms with E-state index in [1.54, 1.807) is 7.11 Å². The van der Waals surface area contributed by atoms with E-state index < -0.39 is 0 Å². The molecular formula is C24H23N3O3. The maximum absolute atomic E-state index is 13.4. The van der Waals surface area contributed by atoms with Gasteiger partial charge in [0.25, 0.3) is 0 Å². The van der Waals surface area contributed by atoms with Crippen molar-refractivity contribution in [1.29, 1.82) is 0 Å². The summed E-state index contributed by atoms with van der Waals surface area (Å²) in [5, 5.41) is 7.46. The lowest BCUT2D eigenvalue weighted by Gasteiger charge is -2.14. The van der Waals surface area contributed by atoms with Crippen LogP contribution in [-0.2, 0) is 11.2 Å². The van der Waals surface area contributed by atoms with E-state index in [9.17, 15) is 9.59 Å². The van der Waals surface area contributed by atoms with Crippen LogP contribution in [0.5, 0.6) is 5.75 Å². The molecular weight excluding hydrogens is 378 g/mol. The van der Waals surface area contributed by atoms with Crippen LogP contribution in [0.25, 0.3) is 22.5 Å². The van der Waals surface area contributed by atoms with Gasteiger partial charge in [-0.3, -0.25) is 19.6 Å². The summed E-state index contributed by atoms with van der Waals surface area (Å²) in [4.78, 5) is 28.3. The summed E-state index contributed by atoms with van der Waals surface area (Å²) in [6.07, 6.45) is 2.59. The number of likely N-dealkylation sites (tertiary alicyclic amines) is 1. The summed E-state index contributed by atoms with van der Waals surface area (Å²) < 4.78 is 5.22. The van der Waals surface area contributed by atoms with Gasteiger partial charge in [0.2, 0.25) is 0 Å². The van der Waals surface area contributed by atoms with E-state index >= 15 is 0 Å². The van der Waals surface area contributed by atoms with E-state index in [-0.39, 0.29) is 18.0 Å². The van der Waals surface area contributed by atoms with Crippen LogP contribution < -0.4 is 4.74 Å². The van der Waals surface area contributed by atoms with Gasteiger partial charge < -0.3 is 4.74 Å². The van der Waals surface area contributed by atoms with Gasteiger partial charge in [0, 0.05) is 23.1 Å². The zero-order chi connectivity index (χ0) is 20.7. The standard InChI is InChI=1S/C24H23N3O3/c1-30-18-9-7-15(8-10-18)22-21-23(26-25-22)19-6-4-5-16(20(19)24(21)29)13-17(28)14-27-11-2-3-12-27/h4-10H,2-3,11-14H2,1H3,(H,25,26). The Morgan fingerprint density at radius 3 is 2.60 bits per heavy atom. The molecule has 3 aromatic rings. The molecule has 1 fully saturated rings. The quantitative estimate of drug-likeness (QED) is 0.535. The number of aromatic nitrogens is 2. The molecule has 2 aliphatic rings. The molecule has 2 aromatic carbocycles. The minimum Gasteiger partial charge on any atom is -0.497 e. The first-order valence-electron chi connectivity index (χ1n) is 10.3. The first-order chi connectivity index (χ1) is 14.7. The number of aromatic amines is 1. The number of benzene rings is 2. The molecule has 0 radical (unpaired) electrons. The fourth-order valence-electron chi connectivity index (χ4n) is 4.52. The first kappa shape index (κ1) is 18.8. The van der Waals surface area contributed by atoms with Crippen molar-refractivity contribution in [2.24, 2.45) is 0 Å². The molecule has 30 heavy (non-hydrogen) atoms. The number of ketones is 2. The Labute approximate surface area is 174 Å². The van der Waals surface area contributed by atoms with Crippen molar-refractivity contribution in [1.82, 2.24) is 15.1 Å². The molecule has 0 bridgehead atoms. The van der Waals surface area contributed by atoms with Crippen molar-refractivity contribution in [2.45, 2.75) is 19.3 Å². The van der Waals surface area contributed by atoms with Crippen molar-refractivity contribution < 1.29 is 14.3 Å². The van der Waals surface area contributed by atoms with Crippen LogP contribution >= 0.6 is 0 Å². The molecule has 1 aliphatic carbocycles. The Hall–Kier alpha value is -3.25. The number of carbonyl (C=O) groups excluding carboxylic acids is 2. The van der Waals surface area contributed by atoms with Crippen LogP contribution in [0.4, 0.5) is 0 Å². The minimum atomic E-state index is -0.0656. The molecule has 1 aromatic heterocycles. The largest absolute Gasteiger partial charge is 0.497 e. The van der Waals surface area contributed by atoms with Gasteiger partial charge in [-0.2, -0.15) is 5.10 Å². The van der Waals surface area contributed by atoms with Gasteiger partial charge in [-0.15, -0.1) is 0 Å². The summed E-state index contributed by atoms with van der Waals surface area (Å²) in [5.74, 6) is 0.839. The van der Waals surface area contributed by atoms with Crippen molar-refractivity contribution in [3.63, 3.8) is 0 Å². The number of nitrogens with zero attached hydrogens (tertiary/aromatic N) is 2.